The Labute approximate surface area is 181 Å². The number of amides is 1. The second kappa shape index (κ2) is 9.34. The maximum Gasteiger partial charge on any atom is 0.308 e. The van der Waals surface area contributed by atoms with E-state index in [1.807, 2.05) is 36.4 Å². The second-order valence-electron chi connectivity index (χ2n) is 7.82. The maximum atomic E-state index is 13.2. The lowest BCUT2D eigenvalue weighted by molar-refractivity contribution is -0.147. The normalized spacial score (nSPS) is 19.9. The van der Waals surface area contributed by atoms with Crippen LogP contribution in [-0.2, 0) is 14.3 Å². The van der Waals surface area contributed by atoms with Crippen LogP contribution in [0.5, 0.6) is 5.75 Å². The van der Waals surface area contributed by atoms with Crippen LogP contribution in [0.4, 0.5) is 0 Å². The predicted molar refractivity (Wildman–Crippen MR) is 114 cm³/mol. The van der Waals surface area contributed by atoms with Crippen molar-refractivity contribution in [3.63, 3.8) is 0 Å². The topological polar surface area (TPSA) is 84.6 Å². The molecule has 3 heterocycles. The summed E-state index contributed by atoms with van der Waals surface area (Å²) in [6, 6.07) is 11.1. The van der Waals surface area contributed by atoms with Crippen molar-refractivity contribution in [1.29, 1.82) is 0 Å². The second-order valence-corrected chi connectivity index (χ2v) is 7.82. The van der Waals surface area contributed by atoms with Gasteiger partial charge in [-0.2, -0.15) is 5.10 Å². The van der Waals surface area contributed by atoms with E-state index in [2.05, 4.69) is 10.0 Å². The van der Waals surface area contributed by atoms with Crippen LogP contribution in [0.2, 0.25) is 0 Å². The molecule has 4 rings (SSSR count). The molecule has 8 heteroatoms. The minimum atomic E-state index is -0.271. The number of benzene rings is 1. The number of furan rings is 1. The van der Waals surface area contributed by atoms with E-state index < -0.39 is 0 Å². The molecule has 1 aromatic heterocycles. The molecule has 1 atom stereocenters. The fourth-order valence-corrected chi connectivity index (χ4v) is 4.16. The Kier molecular flexibility index (Phi) is 6.36. The average molecular weight is 425 g/mol. The highest BCUT2D eigenvalue weighted by Gasteiger charge is 2.36. The molecule has 0 unspecified atom stereocenters. The number of carbonyl (C=O) groups is 2. The van der Waals surface area contributed by atoms with E-state index >= 15 is 0 Å². The fourth-order valence-electron chi connectivity index (χ4n) is 4.16. The zero-order valence-corrected chi connectivity index (χ0v) is 17.8. The zero-order valence-electron chi connectivity index (χ0n) is 17.8. The van der Waals surface area contributed by atoms with E-state index in [9.17, 15) is 9.59 Å². The monoisotopic (exact) mass is 425 g/mol. The molecule has 1 saturated heterocycles. The van der Waals surface area contributed by atoms with E-state index in [1.54, 1.807) is 18.4 Å². The lowest BCUT2D eigenvalue weighted by atomic mass is 9.97. The lowest BCUT2D eigenvalue weighted by Gasteiger charge is -2.31. The number of ether oxygens (including phenoxy) is 2. The van der Waals surface area contributed by atoms with Crippen molar-refractivity contribution in [3.8, 4) is 5.75 Å². The van der Waals surface area contributed by atoms with Crippen LogP contribution in [0.25, 0.3) is 0 Å². The van der Waals surface area contributed by atoms with Crippen molar-refractivity contribution < 1.29 is 23.5 Å². The van der Waals surface area contributed by atoms with Gasteiger partial charge in [-0.25, -0.2) is 5.01 Å². The molecule has 164 valence electrons. The Morgan fingerprint density at radius 3 is 2.48 bits per heavy atom. The van der Waals surface area contributed by atoms with E-state index in [0.717, 1.165) is 17.0 Å². The number of rotatable bonds is 6. The highest BCUT2D eigenvalue weighted by Crippen LogP contribution is 2.33. The number of esters is 1. The van der Waals surface area contributed by atoms with Crippen LogP contribution in [-0.4, -0.2) is 61.4 Å². The molecule has 8 nitrogen and oxygen atoms in total. The Bertz CT molecular complexity index is 931. The van der Waals surface area contributed by atoms with Gasteiger partial charge in [0, 0.05) is 6.42 Å². The van der Waals surface area contributed by atoms with Crippen molar-refractivity contribution in [3.05, 3.63) is 54.0 Å². The van der Waals surface area contributed by atoms with Gasteiger partial charge in [-0.1, -0.05) is 0 Å². The van der Waals surface area contributed by atoms with Crippen molar-refractivity contribution in [2.24, 2.45) is 11.0 Å². The van der Waals surface area contributed by atoms with Gasteiger partial charge in [0.25, 0.3) is 5.91 Å². The van der Waals surface area contributed by atoms with E-state index in [-0.39, 0.29) is 30.4 Å². The molecule has 2 aromatic rings. The third-order valence-corrected chi connectivity index (χ3v) is 5.94. The van der Waals surface area contributed by atoms with Gasteiger partial charge in [-0.05, 0) is 67.9 Å². The molecule has 0 bridgehead atoms. The van der Waals surface area contributed by atoms with Gasteiger partial charge in [-0.15, -0.1) is 0 Å². The van der Waals surface area contributed by atoms with Gasteiger partial charge in [-0.3, -0.25) is 14.5 Å². The molecule has 31 heavy (non-hydrogen) atoms. The summed E-state index contributed by atoms with van der Waals surface area (Å²) < 4.78 is 15.7. The highest BCUT2D eigenvalue weighted by molar-refractivity contribution is 6.03. The Morgan fingerprint density at radius 2 is 1.87 bits per heavy atom. The number of hydrogen-bond donors (Lipinski definition) is 0. The van der Waals surface area contributed by atoms with Gasteiger partial charge in [0.05, 0.1) is 38.7 Å². The molecular weight excluding hydrogens is 398 g/mol. The van der Waals surface area contributed by atoms with E-state index in [0.29, 0.717) is 38.1 Å². The van der Waals surface area contributed by atoms with Crippen molar-refractivity contribution in [1.82, 2.24) is 9.91 Å². The molecule has 1 amide bonds. The van der Waals surface area contributed by atoms with Crippen LogP contribution in [0.3, 0.4) is 0 Å². The number of piperidine rings is 1. The number of hydrazone groups is 1. The van der Waals surface area contributed by atoms with Gasteiger partial charge < -0.3 is 13.9 Å². The molecule has 0 N–H and O–H groups in total. The SMILES string of the molecule is COC(=O)C1CCN(CC(=O)N2N=C(c3ccc(OC)cc3)C[C@H]2c2ccco2)CC1. The molecule has 0 radical (unpaired) electrons. The summed E-state index contributed by atoms with van der Waals surface area (Å²) in [5.41, 5.74) is 1.79. The number of methoxy groups -OCH3 is 2. The van der Waals surface area contributed by atoms with Gasteiger partial charge >= 0.3 is 5.97 Å². The largest absolute Gasteiger partial charge is 0.497 e. The molecule has 2 aliphatic rings. The Morgan fingerprint density at radius 1 is 1.13 bits per heavy atom. The molecule has 0 aliphatic carbocycles. The standard InChI is InChI=1S/C23H27N3O5/c1-29-18-7-5-16(6-8-18)19-14-20(21-4-3-13-31-21)26(24-19)22(27)15-25-11-9-17(10-12-25)23(28)30-2/h3-8,13,17,20H,9-12,14-15H2,1-2H3/t20-/m0/s1. The molecule has 0 spiro atoms. The first-order valence-electron chi connectivity index (χ1n) is 10.5. The summed E-state index contributed by atoms with van der Waals surface area (Å²) >= 11 is 0. The minimum absolute atomic E-state index is 0.0820. The fraction of sp³-hybridized carbons (Fsp3) is 0.435. The summed E-state index contributed by atoms with van der Waals surface area (Å²) in [6.45, 7) is 1.62. The molecule has 1 aromatic carbocycles. The van der Waals surface area contributed by atoms with Gasteiger partial charge in [0.1, 0.15) is 17.6 Å². The third kappa shape index (κ3) is 4.64. The van der Waals surface area contributed by atoms with E-state index in [1.165, 1.54) is 7.11 Å². The number of hydrogen-bond acceptors (Lipinski definition) is 7. The Balaban J connectivity index is 1.47. The third-order valence-electron chi connectivity index (χ3n) is 5.94. The van der Waals surface area contributed by atoms with Crippen molar-refractivity contribution >= 4 is 17.6 Å². The summed E-state index contributed by atoms with van der Waals surface area (Å²) in [7, 11) is 3.04. The van der Waals surface area contributed by atoms with Crippen LogP contribution < -0.4 is 4.74 Å². The van der Waals surface area contributed by atoms with E-state index in [4.69, 9.17) is 13.9 Å². The van der Waals surface area contributed by atoms with Crippen molar-refractivity contribution in [2.75, 3.05) is 33.9 Å². The lowest BCUT2D eigenvalue weighted by Crippen LogP contribution is -2.43. The summed E-state index contributed by atoms with van der Waals surface area (Å²) in [6.07, 6.45) is 3.58. The van der Waals surface area contributed by atoms with Crippen LogP contribution in [0.1, 0.15) is 36.6 Å². The molecule has 1 fully saturated rings. The Hall–Kier alpha value is -3.13. The summed E-state index contributed by atoms with van der Waals surface area (Å²) in [5, 5.41) is 6.22. The molecular formula is C23H27N3O5. The maximum absolute atomic E-state index is 13.2. The van der Waals surface area contributed by atoms with Crippen molar-refractivity contribution in [2.45, 2.75) is 25.3 Å². The quantitative estimate of drug-likeness (QED) is 0.662. The summed E-state index contributed by atoms with van der Waals surface area (Å²) in [5.74, 6) is 1.15. The smallest absolute Gasteiger partial charge is 0.308 e. The van der Waals surface area contributed by atoms with Crippen LogP contribution >= 0.6 is 0 Å². The molecule has 0 saturated carbocycles. The first-order chi connectivity index (χ1) is 15.1. The predicted octanol–water partition coefficient (Wildman–Crippen LogP) is 2.85. The highest BCUT2D eigenvalue weighted by atomic mass is 16.5. The molecule has 2 aliphatic heterocycles. The first kappa shape index (κ1) is 21.1. The number of nitrogens with zero attached hydrogens (tertiary/aromatic N) is 3. The number of likely N-dealkylation sites (tertiary alicyclic amines) is 1. The minimum Gasteiger partial charge on any atom is -0.497 e. The zero-order chi connectivity index (χ0) is 21.8. The summed E-state index contributed by atoms with van der Waals surface area (Å²) in [4.78, 5) is 27.0. The first-order valence-corrected chi connectivity index (χ1v) is 10.5. The van der Waals surface area contributed by atoms with Crippen LogP contribution in [0.15, 0.2) is 52.2 Å². The van der Waals surface area contributed by atoms with Gasteiger partial charge in [0.2, 0.25) is 0 Å². The van der Waals surface area contributed by atoms with Crippen LogP contribution in [0, 0.1) is 5.92 Å². The number of carbonyl (C=O) groups excluding carboxylic acids is 2. The average Bonchev–Trinajstić information content (AvgIpc) is 3.49. The van der Waals surface area contributed by atoms with Gasteiger partial charge in [0.15, 0.2) is 0 Å².